The third kappa shape index (κ3) is 3.04. The molecule has 0 spiro atoms. The molecular weight excluding hydrogens is 236 g/mol. The normalized spacial score (nSPS) is 10.0. The first-order chi connectivity index (χ1) is 8.15. The van der Waals surface area contributed by atoms with Gasteiger partial charge in [0.1, 0.15) is 5.15 Å². The second-order valence-electron chi connectivity index (χ2n) is 3.69. The van der Waals surface area contributed by atoms with Crippen molar-refractivity contribution in [2.75, 3.05) is 5.32 Å². The van der Waals surface area contributed by atoms with Crippen molar-refractivity contribution in [3.63, 3.8) is 0 Å². The summed E-state index contributed by atoms with van der Waals surface area (Å²) in [7, 11) is 0. The Bertz CT molecular complexity index is 537. The number of nitrogens with zero attached hydrogens (tertiary/aromatic N) is 1. The molecular formula is C13H11ClN2O. The highest BCUT2D eigenvalue weighted by Crippen LogP contribution is 2.12. The van der Waals surface area contributed by atoms with E-state index in [1.165, 1.54) is 6.20 Å². The van der Waals surface area contributed by atoms with Crippen LogP contribution in [0.25, 0.3) is 0 Å². The number of carbonyl (C=O) groups excluding carboxylic acids is 1. The van der Waals surface area contributed by atoms with Gasteiger partial charge in [0.05, 0.1) is 11.9 Å². The second kappa shape index (κ2) is 4.97. The first-order valence-electron chi connectivity index (χ1n) is 5.15. The van der Waals surface area contributed by atoms with E-state index in [1.807, 2.05) is 25.1 Å². The minimum Gasteiger partial charge on any atom is -0.321 e. The fourth-order valence-electron chi connectivity index (χ4n) is 1.44. The van der Waals surface area contributed by atoms with Crippen molar-refractivity contribution < 1.29 is 4.79 Å². The van der Waals surface area contributed by atoms with Crippen molar-refractivity contribution in [3.05, 3.63) is 58.9 Å². The van der Waals surface area contributed by atoms with Gasteiger partial charge in [-0.3, -0.25) is 4.79 Å². The molecule has 0 atom stereocenters. The molecule has 1 aromatic heterocycles. The van der Waals surface area contributed by atoms with E-state index in [4.69, 9.17) is 11.6 Å². The van der Waals surface area contributed by atoms with Crippen molar-refractivity contribution >= 4 is 23.2 Å². The van der Waals surface area contributed by atoms with Crippen LogP contribution in [0.1, 0.15) is 15.9 Å². The molecule has 17 heavy (non-hydrogen) atoms. The van der Waals surface area contributed by atoms with Crippen molar-refractivity contribution in [2.45, 2.75) is 6.92 Å². The second-order valence-corrected chi connectivity index (χ2v) is 4.08. The Morgan fingerprint density at radius 2 is 2.12 bits per heavy atom. The molecule has 1 N–H and O–H groups in total. The number of aromatic nitrogens is 1. The average molecular weight is 247 g/mol. The number of carbonyl (C=O) groups is 1. The molecule has 0 bridgehead atoms. The van der Waals surface area contributed by atoms with E-state index in [0.29, 0.717) is 16.4 Å². The van der Waals surface area contributed by atoms with Gasteiger partial charge in [0.2, 0.25) is 0 Å². The monoisotopic (exact) mass is 246 g/mol. The highest BCUT2D eigenvalue weighted by atomic mass is 35.5. The third-order valence-electron chi connectivity index (χ3n) is 2.27. The van der Waals surface area contributed by atoms with Crippen LogP contribution in [0.4, 0.5) is 5.69 Å². The summed E-state index contributed by atoms with van der Waals surface area (Å²) >= 11 is 5.66. The van der Waals surface area contributed by atoms with Gasteiger partial charge in [-0.2, -0.15) is 0 Å². The zero-order valence-electron chi connectivity index (χ0n) is 9.27. The van der Waals surface area contributed by atoms with Gasteiger partial charge in [0, 0.05) is 5.56 Å². The molecule has 2 aromatic rings. The smallest absolute Gasteiger partial charge is 0.255 e. The summed E-state index contributed by atoms with van der Waals surface area (Å²) in [5.41, 5.74) is 2.30. The number of nitrogens with one attached hydrogen (secondary N) is 1. The number of halogens is 1. The minimum atomic E-state index is -0.155. The molecule has 0 aliphatic carbocycles. The van der Waals surface area contributed by atoms with Crippen LogP contribution in [0, 0.1) is 6.92 Å². The summed E-state index contributed by atoms with van der Waals surface area (Å²) in [6.07, 6.45) is 1.52. The van der Waals surface area contributed by atoms with Crippen LogP contribution in [-0.4, -0.2) is 10.9 Å². The number of rotatable bonds is 2. The maximum Gasteiger partial charge on any atom is 0.255 e. The number of hydrogen-bond donors (Lipinski definition) is 1. The van der Waals surface area contributed by atoms with E-state index >= 15 is 0 Å². The number of aryl methyl sites for hydroxylation is 1. The molecule has 0 unspecified atom stereocenters. The predicted octanol–water partition coefficient (Wildman–Crippen LogP) is 3.30. The number of anilines is 1. The Kier molecular flexibility index (Phi) is 3.40. The number of pyridine rings is 1. The van der Waals surface area contributed by atoms with E-state index < -0.39 is 0 Å². The van der Waals surface area contributed by atoms with E-state index in [-0.39, 0.29) is 5.91 Å². The first kappa shape index (κ1) is 11.6. The Morgan fingerprint density at radius 3 is 2.76 bits per heavy atom. The largest absolute Gasteiger partial charge is 0.321 e. The van der Waals surface area contributed by atoms with E-state index in [0.717, 1.165) is 5.56 Å². The number of amides is 1. The van der Waals surface area contributed by atoms with Crippen LogP contribution in [-0.2, 0) is 0 Å². The minimum absolute atomic E-state index is 0.155. The van der Waals surface area contributed by atoms with Gasteiger partial charge in [-0.15, -0.1) is 0 Å². The van der Waals surface area contributed by atoms with Crippen LogP contribution in [0.2, 0.25) is 5.15 Å². The quantitative estimate of drug-likeness (QED) is 0.826. The number of hydrogen-bond acceptors (Lipinski definition) is 2. The maximum absolute atomic E-state index is 11.9. The lowest BCUT2D eigenvalue weighted by Crippen LogP contribution is -2.11. The first-order valence-corrected chi connectivity index (χ1v) is 5.52. The van der Waals surface area contributed by atoms with Crippen molar-refractivity contribution in [2.24, 2.45) is 0 Å². The number of benzene rings is 1. The third-order valence-corrected chi connectivity index (χ3v) is 2.49. The molecule has 1 heterocycles. The fraction of sp³-hybridized carbons (Fsp3) is 0.0769. The Morgan fingerprint density at radius 1 is 1.29 bits per heavy atom. The SMILES string of the molecule is Cc1cccc(C(=O)Nc2ccc(Cl)nc2)c1. The van der Waals surface area contributed by atoms with Gasteiger partial charge >= 0.3 is 0 Å². The molecule has 4 heteroatoms. The predicted molar refractivity (Wildman–Crippen MR) is 68.4 cm³/mol. The highest BCUT2D eigenvalue weighted by Gasteiger charge is 2.05. The lowest BCUT2D eigenvalue weighted by molar-refractivity contribution is 0.102. The van der Waals surface area contributed by atoms with Crippen LogP contribution in [0.15, 0.2) is 42.6 Å². The molecule has 86 valence electrons. The fourth-order valence-corrected chi connectivity index (χ4v) is 1.55. The zero-order chi connectivity index (χ0) is 12.3. The molecule has 0 saturated heterocycles. The summed E-state index contributed by atoms with van der Waals surface area (Å²) in [6.45, 7) is 1.95. The lowest BCUT2D eigenvalue weighted by Gasteiger charge is -2.05. The molecule has 1 amide bonds. The van der Waals surface area contributed by atoms with Crippen LogP contribution in [0.5, 0.6) is 0 Å². The zero-order valence-corrected chi connectivity index (χ0v) is 10.0. The van der Waals surface area contributed by atoms with Gasteiger partial charge in [-0.1, -0.05) is 29.3 Å². The molecule has 2 rings (SSSR count). The van der Waals surface area contributed by atoms with Gasteiger partial charge in [0.25, 0.3) is 5.91 Å². The molecule has 0 saturated carbocycles. The molecule has 0 fully saturated rings. The van der Waals surface area contributed by atoms with Gasteiger partial charge < -0.3 is 5.32 Å². The average Bonchev–Trinajstić information content (AvgIpc) is 2.32. The van der Waals surface area contributed by atoms with Crippen molar-refractivity contribution in [1.82, 2.24) is 4.98 Å². The molecule has 0 radical (unpaired) electrons. The summed E-state index contributed by atoms with van der Waals surface area (Å²) in [5.74, 6) is -0.155. The molecule has 3 nitrogen and oxygen atoms in total. The molecule has 1 aromatic carbocycles. The summed E-state index contributed by atoms with van der Waals surface area (Å²) in [6, 6.07) is 10.7. The van der Waals surface area contributed by atoms with E-state index in [1.54, 1.807) is 18.2 Å². The Hall–Kier alpha value is -1.87. The molecule has 0 aliphatic rings. The van der Waals surface area contributed by atoms with Gasteiger partial charge in [-0.05, 0) is 31.2 Å². The van der Waals surface area contributed by atoms with Gasteiger partial charge in [0.15, 0.2) is 0 Å². The summed E-state index contributed by atoms with van der Waals surface area (Å²) < 4.78 is 0. The molecule has 0 aliphatic heterocycles. The summed E-state index contributed by atoms with van der Waals surface area (Å²) in [5, 5.41) is 3.15. The Balaban J connectivity index is 2.14. The van der Waals surface area contributed by atoms with Crippen LogP contribution >= 0.6 is 11.6 Å². The lowest BCUT2D eigenvalue weighted by atomic mass is 10.1. The maximum atomic E-state index is 11.9. The summed E-state index contributed by atoms with van der Waals surface area (Å²) in [4.78, 5) is 15.8. The van der Waals surface area contributed by atoms with Crippen molar-refractivity contribution in [1.29, 1.82) is 0 Å². The van der Waals surface area contributed by atoms with Crippen LogP contribution in [0.3, 0.4) is 0 Å². The Labute approximate surface area is 104 Å². The topological polar surface area (TPSA) is 42.0 Å². The standard InChI is InChI=1S/C13H11ClN2O/c1-9-3-2-4-10(7-9)13(17)16-11-5-6-12(14)15-8-11/h2-8H,1H3,(H,16,17). The van der Waals surface area contributed by atoms with Crippen LogP contribution < -0.4 is 5.32 Å². The van der Waals surface area contributed by atoms with Crippen molar-refractivity contribution in [3.8, 4) is 0 Å². The highest BCUT2D eigenvalue weighted by molar-refractivity contribution is 6.29. The van der Waals surface area contributed by atoms with E-state index in [9.17, 15) is 4.79 Å². The van der Waals surface area contributed by atoms with Gasteiger partial charge in [-0.25, -0.2) is 4.98 Å². The van der Waals surface area contributed by atoms with E-state index in [2.05, 4.69) is 10.3 Å².